The van der Waals surface area contributed by atoms with Crippen LogP contribution in [0.3, 0.4) is 0 Å². The lowest BCUT2D eigenvalue weighted by Crippen LogP contribution is -2.13. The van der Waals surface area contributed by atoms with Crippen LogP contribution in [0.2, 0.25) is 0 Å². The van der Waals surface area contributed by atoms with Gasteiger partial charge < -0.3 is 14.4 Å². The van der Waals surface area contributed by atoms with Crippen molar-refractivity contribution in [3.63, 3.8) is 0 Å². The van der Waals surface area contributed by atoms with Crippen molar-refractivity contribution in [3.05, 3.63) is 79.0 Å². The van der Waals surface area contributed by atoms with Gasteiger partial charge in [-0.15, -0.1) is 0 Å². The second-order valence-corrected chi connectivity index (χ2v) is 6.74. The fraction of sp³-hybridized carbons (Fsp3) is 0.174. The van der Waals surface area contributed by atoms with Crippen LogP contribution in [0.1, 0.15) is 19.4 Å². The molecule has 0 aliphatic carbocycles. The summed E-state index contributed by atoms with van der Waals surface area (Å²) in [5.74, 6) is 0.311. The number of para-hydroxylation sites is 1. The Labute approximate surface area is 173 Å². The van der Waals surface area contributed by atoms with Crippen molar-refractivity contribution in [2.75, 3.05) is 6.61 Å². The third-order valence-electron chi connectivity index (χ3n) is 4.82. The normalized spacial score (nSPS) is 12.0. The molecule has 1 atom stereocenters. The Bertz CT molecular complexity index is 1110. The highest BCUT2D eigenvalue weighted by Gasteiger charge is 2.21. The third kappa shape index (κ3) is 4.06. The average molecular weight is 404 g/mol. The van der Waals surface area contributed by atoms with E-state index in [-0.39, 0.29) is 24.5 Å². The van der Waals surface area contributed by atoms with Gasteiger partial charge in [-0.05, 0) is 48.9 Å². The van der Waals surface area contributed by atoms with Gasteiger partial charge in [0.25, 0.3) is 0 Å². The van der Waals surface area contributed by atoms with E-state index in [2.05, 4.69) is 15.0 Å². The molecule has 2 heterocycles. The quantitative estimate of drug-likeness (QED) is 0.475. The van der Waals surface area contributed by atoms with E-state index in [0.717, 1.165) is 5.56 Å². The maximum atomic E-state index is 13.4. The molecular formula is C23H21FN4O2. The highest BCUT2D eigenvalue weighted by molar-refractivity contribution is 5.77. The van der Waals surface area contributed by atoms with Crippen LogP contribution in [0.15, 0.2) is 73.2 Å². The summed E-state index contributed by atoms with van der Waals surface area (Å²) < 4.78 is 21.1. The Balaban J connectivity index is 1.81. The fourth-order valence-corrected chi connectivity index (χ4v) is 3.24. The van der Waals surface area contributed by atoms with Crippen molar-refractivity contribution in [2.45, 2.75) is 19.4 Å². The lowest BCUT2D eigenvalue weighted by Gasteiger charge is -2.18. The van der Waals surface area contributed by atoms with Crippen molar-refractivity contribution >= 4 is 0 Å². The summed E-state index contributed by atoms with van der Waals surface area (Å²) >= 11 is 0. The third-order valence-corrected chi connectivity index (χ3v) is 4.82. The summed E-state index contributed by atoms with van der Waals surface area (Å²) in [7, 11) is 0. The Morgan fingerprint density at radius 3 is 2.50 bits per heavy atom. The zero-order valence-corrected chi connectivity index (χ0v) is 16.4. The number of halogens is 1. The van der Waals surface area contributed by atoms with Crippen molar-refractivity contribution < 1.29 is 14.2 Å². The fourth-order valence-electron chi connectivity index (χ4n) is 3.24. The minimum atomic E-state index is -0.317. The van der Waals surface area contributed by atoms with Crippen molar-refractivity contribution in [2.24, 2.45) is 0 Å². The van der Waals surface area contributed by atoms with Gasteiger partial charge in [-0.1, -0.05) is 25.1 Å². The molecule has 1 N–H and O–H groups in total. The van der Waals surface area contributed by atoms with Crippen LogP contribution in [0.4, 0.5) is 4.39 Å². The Morgan fingerprint density at radius 2 is 1.80 bits per heavy atom. The van der Waals surface area contributed by atoms with E-state index in [1.165, 1.54) is 12.1 Å². The number of aliphatic hydroxyl groups excluding tert-OH is 1. The van der Waals surface area contributed by atoms with Crippen LogP contribution in [0.25, 0.3) is 22.6 Å². The first-order chi connectivity index (χ1) is 14.7. The molecule has 2 aromatic carbocycles. The Morgan fingerprint density at radius 1 is 1.03 bits per heavy atom. The van der Waals surface area contributed by atoms with Gasteiger partial charge in [-0.2, -0.15) is 4.98 Å². The standard InChI is InChI=1S/C23H21FN4O2/c1-2-18(14-29)28-15-26-21(16-8-10-17(24)11-9-16)22(28)20-12-13-25-23(27-20)30-19-6-4-3-5-7-19/h3-13,15,18,29H,2,14H2,1H3/t18-/m0/s1. The predicted molar refractivity (Wildman–Crippen MR) is 112 cm³/mol. The molecule has 0 amide bonds. The lowest BCUT2D eigenvalue weighted by molar-refractivity contribution is 0.225. The van der Waals surface area contributed by atoms with Gasteiger partial charge in [0.05, 0.1) is 36.1 Å². The SMILES string of the molecule is CC[C@@H](CO)n1cnc(-c2ccc(F)cc2)c1-c1ccnc(Oc2ccccc2)n1. The number of nitrogens with zero attached hydrogens (tertiary/aromatic N) is 4. The van der Waals surface area contributed by atoms with Crippen LogP contribution in [0, 0.1) is 5.82 Å². The Hall–Kier alpha value is -3.58. The van der Waals surface area contributed by atoms with Crippen molar-refractivity contribution in [1.29, 1.82) is 0 Å². The van der Waals surface area contributed by atoms with Crippen LogP contribution in [-0.4, -0.2) is 31.2 Å². The number of aromatic nitrogens is 4. The second kappa shape index (κ2) is 8.84. The van der Waals surface area contributed by atoms with E-state index < -0.39 is 0 Å². The van der Waals surface area contributed by atoms with E-state index in [1.54, 1.807) is 30.7 Å². The molecule has 30 heavy (non-hydrogen) atoms. The molecule has 0 aliphatic heterocycles. The predicted octanol–water partition coefficient (Wildman–Crippen LogP) is 4.88. The van der Waals surface area contributed by atoms with Gasteiger partial charge in [0.2, 0.25) is 0 Å². The zero-order chi connectivity index (χ0) is 20.9. The smallest absolute Gasteiger partial charge is 0.322 e. The molecule has 6 nitrogen and oxygen atoms in total. The molecule has 2 aromatic heterocycles. The minimum absolute atomic E-state index is 0.0405. The summed E-state index contributed by atoms with van der Waals surface area (Å²) in [6.07, 6.45) is 4.01. The van der Waals surface area contributed by atoms with Gasteiger partial charge in [-0.3, -0.25) is 0 Å². The monoisotopic (exact) mass is 404 g/mol. The minimum Gasteiger partial charge on any atom is -0.424 e. The number of hydrogen-bond donors (Lipinski definition) is 1. The highest BCUT2D eigenvalue weighted by Crippen LogP contribution is 2.33. The van der Waals surface area contributed by atoms with E-state index in [4.69, 9.17) is 4.74 Å². The Kier molecular flexibility index (Phi) is 5.81. The van der Waals surface area contributed by atoms with E-state index in [0.29, 0.717) is 29.3 Å². The topological polar surface area (TPSA) is 73.1 Å². The van der Waals surface area contributed by atoms with Gasteiger partial charge in [0.1, 0.15) is 11.6 Å². The van der Waals surface area contributed by atoms with Crippen LogP contribution in [0.5, 0.6) is 11.8 Å². The summed E-state index contributed by atoms with van der Waals surface area (Å²) in [4.78, 5) is 13.3. The molecule has 4 aromatic rings. The molecule has 0 fully saturated rings. The molecular weight excluding hydrogens is 383 g/mol. The maximum absolute atomic E-state index is 13.4. The molecule has 0 unspecified atom stereocenters. The summed E-state index contributed by atoms with van der Waals surface area (Å²) in [6, 6.07) is 17.2. The number of hydrogen-bond acceptors (Lipinski definition) is 5. The molecule has 0 saturated carbocycles. The second-order valence-electron chi connectivity index (χ2n) is 6.74. The van der Waals surface area contributed by atoms with Gasteiger partial charge >= 0.3 is 6.01 Å². The van der Waals surface area contributed by atoms with Gasteiger partial charge in [-0.25, -0.2) is 14.4 Å². The van der Waals surface area contributed by atoms with E-state index in [1.807, 2.05) is 41.8 Å². The van der Waals surface area contributed by atoms with Crippen molar-refractivity contribution in [3.8, 4) is 34.4 Å². The first kappa shape index (κ1) is 19.7. The van der Waals surface area contributed by atoms with E-state index in [9.17, 15) is 9.50 Å². The first-order valence-corrected chi connectivity index (χ1v) is 9.69. The molecule has 4 rings (SSSR count). The number of benzene rings is 2. The van der Waals surface area contributed by atoms with E-state index >= 15 is 0 Å². The molecule has 7 heteroatoms. The molecule has 0 saturated heterocycles. The summed E-state index contributed by atoms with van der Waals surface area (Å²) in [5, 5.41) is 9.86. The maximum Gasteiger partial charge on any atom is 0.322 e. The highest BCUT2D eigenvalue weighted by atomic mass is 19.1. The van der Waals surface area contributed by atoms with Crippen molar-refractivity contribution in [1.82, 2.24) is 19.5 Å². The molecule has 0 aliphatic rings. The summed E-state index contributed by atoms with van der Waals surface area (Å²) in [6.45, 7) is 1.95. The summed E-state index contributed by atoms with van der Waals surface area (Å²) in [5.41, 5.74) is 2.70. The number of aliphatic hydroxyl groups is 1. The molecule has 0 spiro atoms. The first-order valence-electron chi connectivity index (χ1n) is 9.69. The number of ether oxygens (including phenoxy) is 1. The number of imidazole rings is 1. The van der Waals surface area contributed by atoms with Crippen LogP contribution < -0.4 is 4.74 Å². The van der Waals surface area contributed by atoms with Gasteiger partial charge in [0, 0.05) is 11.8 Å². The molecule has 0 bridgehead atoms. The van der Waals surface area contributed by atoms with Crippen LogP contribution >= 0.6 is 0 Å². The van der Waals surface area contributed by atoms with Crippen LogP contribution in [-0.2, 0) is 0 Å². The average Bonchev–Trinajstić information content (AvgIpc) is 3.21. The lowest BCUT2D eigenvalue weighted by atomic mass is 10.1. The zero-order valence-electron chi connectivity index (χ0n) is 16.4. The number of rotatable bonds is 7. The largest absolute Gasteiger partial charge is 0.424 e. The molecule has 152 valence electrons. The molecule has 0 radical (unpaired) electrons. The van der Waals surface area contributed by atoms with Gasteiger partial charge in [0.15, 0.2) is 0 Å².